The second-order valence-corrected chi connectivity index (χ2v) is 2.30. The summed E-state index contributed by atoms with van der Waals surface area (Å²) in [4.78, 5) is 10.7. The van der Waals surface area contributed by atoms with E-state index >= 15 is 0 Å². The highest BCUT2D eigenvalue weighted by atomic mass is 16.4. The van der Waals surface area contributed by atoms with E-state index in [0.29, 0.717) is 0 Å². The van der Waals surface area contributed by atoms with Crippen LogP contribution in [-0.2, 0) is 4.79 Å². The number of hydrogen-bond acceptors (Lipinski definition) is 6. The van der Waals surface area contributed by atoms with Crippen LogP contribution in [0.3, 0.4) is 0 Å². The molecule has 0 aromatic carbocycles. The predicted octanol–water partition coefficient (Wildman–Crippen LogP) is -3.38. The number of rotatable bonds is 5. The summed E-state index contributed by atoms with van der Waals surface area (Å²) in [6.45, 7) is -1.61. The molecule has 0 rings (SSSR count). The molecule has 0 bridgehead atoms. The maximum absolute atomic E-state index is 10.7. The highest BCUT2D eigenvalue weighted by molar-refractivity contribution is 5.87. The molecular formula is C6H12O6. The third kappa shape index (κ3) is 2.84. The first-order valence-corrected chi connectivity index (χ1v) is 3.34. The summed E-state index contributed by atoms with van der Waals surface area (Å²) < 4.78 is 0. The van der Waals surface area contributed by atoms with Crippen molar-refractivity contribution in [3.63, 3.8) is 0 Å². The molecule has 0 aliphatic carbocycles. The number of hydrogen-bond donors (Lipinski definition) is 5. The molecule has 0 aromatic heterocycles. The highest BCUT2D eigenvalue weighted by Crippen LogP contribution is 1.98. The van der Waals surface area contributed by atoms with Crippen molar-refractivity contribution in [3.8, 4) is 0 Å². The SMILES string of the molecule is O=C(C(O)[13CH2]O)[C@H](O)[C@H](O)CO. The summed E-state index contributed by atoms with van der Waals surface area (Å²) in [5, 5.41) is 42.9. The molecule has 6 nitrogen and oxygen atoms in total. The van der Waals surface area contributed by atoms with Gasteiger partial charge in [0.25, 0.3) is 0 Å². The Morgan fingerprint density at radius 1 is 1.08 bits per heavy atom. The second kappa shape index (κ2) is 5.18. The van der Waals surface area contributed by atoms with Crippen LogP contribution in [0.15, 0.2) is 0 Å². The lowest BCUT2D eigenvalue weighted by molar-refractivity contribution is -0.144. The smallest absolute Gasteiger partial charge is 0.194 e. The minimum atomic E-state index is -1.86. The monoisotopic (exact) mass is 181 g/mol. The van der Waals surface area contributed by atoms with Crippen molar-refractivity contribution in [2.75, 3.05) is 13.2 Å². The zero-order chi connectivity index (χ0) is 9.72. The van der Waals surface area contributed by atoms with Crippen molar-refractivity contribution in [2.24, 2.45) is 0 Å². The zero-order valence-corrected chi connectivity index (χ0v) is 6.29. The van der Waals surface area contributed by atoms with Crippen molar-refractivity contribution >= 4 is 5.78 Å². The van der Waals surface area contributed by atoms with E-state index in [-0.39, 0.29) is 0 Å². The van der Waals surface area contributed by atoms with Crippen LogP contribution in [0.1, 0.15) is 0 Å². The summed E-state index contributed by atoms with van der Waals surface area (Å²) in [5.74, 6) is -1.11. The molecule has 0 spiro atoms. The fraction of sp³-hybridized carbons (Fsp3) is 0.833. The minimum absolute atomic E-state index is 0.787. The van der Waals surface area contributed by atoms with Crippen LogP contribution in [0.2, 0.25) is 0 Å². The van der Waals surface area contributed by atoms with Crippen molar-refractivity contribution in [1.29, 1.82) is 0 Å². The Morgan fingerprint density at radius 3 is 1.92 bits per heavy atom. The Balaban J connectivity index is 4.09. The van der Waals surface area contributed by atoms with Crippen LogP contribution < -0.4 is 0 Å². The van der Waals surface area contributed by atoms with Gasteiger partial charge in [-0.05, 0) is 0 Å². The number of carbonyl (C=O) groups is 1. The van der Waals surface area contributed by atoms with Gasteiger partial charge in [0.2, 0.25) is 0 Å². The lowest BCUT2D eigenvalue weighted by Gasteiger charge is -2.16. The van der Waals surface area contributed by atoms with Crippen LogP contribution >= 0.6 is 0 Å². The minimum Gasteiger partial charge on any atom is -0.394 e. The van der Waals surface area contributed by atoms with E-state index in [1.807, 2.05) is 0 Å². The van der Waals surface area contributed by atoms with E-state index < -0.39 is 37.3 Å². The van der Waals surface area contributed by atoms with Gasteiger partial charge < -0.3 is 25.5 Å². The molecule has 0 amide bonds. The van der Waals surface area contributed by atoms with Crippen LogP contribution in [0.25, 0.3) is 0 Å². The molecule has 5 N–H and O–H groups in total. The summed E-state index contributed by atoms with van der Waals surface area (Å²) in [6, 6.07) is 0. The first-order chi connectivity index (χ1) is 5.54. The van der Waals surface area contributed by atoms with Crippen LogP contribution in [0.5, 0.6) is 0 Å². The fourth-order valence-corrected chi connectivity index (χ4v) is 0.577. The summed E-state index contributed by atoms with van der Waals surface area (Å²) >= 11 is 0. The van der Waals surface area contributed by atoms with E-state index in [0.717, 1.165) is 0 Å². The summed E-state index contributed by atoms with van der Waals surface area (Å²) in [6.07, 6.45) is -5.21. The molecule has 0 saturated heterocycles. The van der Waals surface area contributed by atoms with Gasteiger partial charge >= 0.3 is 0 Å². The highest BCUT2D eigenvalue weighted by Gasteiger charge is 2.28. The predicted molar refractivity (Wildman–Crippen MR) is 37.2 cm³/mol. The molecule has 0 aromatic rings. The Bertz CT molecular complexity index is 147. The molecule has 0 heterocycles. The first kappa shape index (κ1) is 11.5. The maximum Gasteiger partial charge on any atom is 0.194 e. The van der Waals surface area contributed by atoms with E-state index in [1.165, 1.54) is 0 Å². The quantitative estimate of drug-likeness (QED) is 0.282. The fourth-order valence-electron chi connectivity index (χ4n) is 0.577. The molecule has 6 heteroatoms. The molecule has 12 heavy (non-hydrogen) atoms. The van der Waals surface area contributed by atoms with E-state index in [2.05, 4.69) is 0 Å². The molecule has 0 saturated carbocycles. The van der Waals surface area contributed by atoms with Crippen molar-refractivity contribution < 1.29 is 30.3 Å². The third-order valence-corrected chi connectivity index (χ3v) is 1.34. The largest absolute Gasteiger partial charge is 0.394 e. The van der Waals surface area contributed by atoms with Crippen LogP contribution in [0, 0.1) is 0 Å². The van der Waals surface area contributed by atoms with Gasteiger partial charge in [0.1, 0.15) is 18.3 Å². The number of aliphatic hydroxyl groups is 5. The van der Waals surface area contributed by atoms with Gasteiger partial charge in [0.15, 0.2) is 5.78 Å². The normalized spacial score (nSPS) is 18.4. The average Bonchev–Trinajstić information content (AvgIpc) is 2.12. The Hall–Kier alpha value is -0.530. The van der Waals surface area contributed by atoms with Crippen LogP contribution in [-0.4, -0.2) is 62.8 Å². The summed E-state index contributed by atoms with van der Waals surface area (Å²) in [5.41, 5.74) is 0. The topological polar surface area (TPSA) is 118 Å². The Morgan fingerprint density at radius 2 is 1.58 bits per heavy atom. The molecule has 0 aliphatic rings. The lowest BCUT2D eigenvalue weighted by atomic mass is 10.1. The Labute approximate surface area is 68.7 Å². The van der Waals surface area contributed by atoms with Gasteiger partial charge in [-0.15, -0.1) is 0 Å². The van der Waals surface area contributed by atoms with E-state index in [1.54, 1.807) is 0 Å². The Kier molecular flexibility index (Phi) is 4.95. The number of carbonyl (C=O) groups excluding carboxylic acids is 1. The molecule has 1 unspecified atom stereocenters. The van der Waals surface area contributed by atoms with Gasteiger partial charge in [-0.25, -0.2) is 0 Å². The molecule has 0 aliphatic heterocycles. The third-order valence-electron chi connectivity index (χ3n) is 1.34. The standard InChI is InChI=1S/C6H12O6/c7-1-3(9)5(11)6(12)4(10)2-8/h3-5,7-11H,1-2H2/t3-,4?,5-/m1/s1/i2+1. The molecule has 72 valence electrons. The molecular weight excluding hydrogens is 169 g/mol. The van der Waals surface area contributed by atoms with E-state index in [9.17, 15) is 4.79 Å². The van der Waals surface area contributed by atoms with Crippen molar-refractivity contribution in [1.82, 2.24) is 0 Å². The first-order valence-electron chi connectivity index (χ1n) is 3.34. The van der Waals surface area contributed by atoms with Gasteiger partial charge in [0, 0.05) is 0 Å². The van der Waals surface area contributed by atoms with Crippen LogP contribution in [0.4, 0.5) is 0 Å². The summed E-state index contributed by atoms with van der Waals surface area (Å²) in [7, 11) is 0. The second-order valence-electron chi connectivity index (χ2n) is 2.30. The maximum atomic E-state index is 10.7. The van der Waals surface area contributed by atoms with Crippen molar-refractivity contribution in [3.05, 3.63) is 0 Å². The van der Waals surface area contributed by atoms with Gasteiger partial charge in [-0.2, -0.15) is 0 Å². The van der Waals surface area contributed by atoms with Gasteiger partial charge in [-0.1, -0.05) is 0 Å². The zero-order valence-electron chi connectivity index (χ0n) is 6.29. The number of Topliss-reactive ketones (excluding diaryl/α,β-unsaturated/α-hetero) is 1. The number of ketones is 1. The molecule has 3 atom stereocenters. The lowest BCUT2D eigenvalue weighted by Crippen LogP contribution is -2.43. The van der Waals surface area contributed by atoms with E-state index in [4.69, 9.17) is 25.5 Å². The molecule has 0 radical (unpaired) electrons. The number of aliphatic hydroxyl groups excluding tert-OH is 5. The van der Waals surface area contributed by atoms with Gasteiger partial charge in [-0.3, -0.25) is 4.79 Å². The van der Waals surface area contributed by atoms with Gasteiger partial charge in [0.05, 0.1) is 13.2 Å². The molecule has 0 fully saturated rings. The average molecular weight is 181 g/mol. The van der Waals surface area contributed by atoms with Crippen molar-refractivity contribution in [2.45, 2.75) is 18.3 Å².